The Morgan fingerprint density at radius 2 is 2.18 bits per heavy atom. The average Bonchev–Trinajstić information content (AvgIpc) is 2.77. The second-order valence-electron chi connectivity index (χ2n) is 3.19. The van der Waals surface area contributed by atoms with Crippen molar-refractivity contribution in [3.05, 3.63) is 35.7 Å². The number of anilines is 1. The first-order valence-corrected chi connectivity index (χ1v) is 6.35. The van der Waals surface area contributed by atoms with Crippen LogP contribution in [0.2, 0.25) is 5.02 Å². The van der Waals surface area contributed by atoms with Gasteiger partial charge in [-0.25, -0.2) is 4.98 Å². The van der Waals surface area contributed by atoms with E-state index in [0.717, 1.165) is 0 Å². The fraction of sp³-hybridized carbons (Fsp3) is 0. The summed E-state index contributed by atoms with van der Waals surface area (Å²) < 4.78 is 25.8. The van der Waals surface area contributed by atoms with Crippen LogP contribution in [0.15, 0.2) is 35.7 Å². The third-order valence-corrected chi connectivity index (χ3v) is 3.59. The van der Waals surface area contributed by atoms with Crippen LogP contribution < -0.4 is 4.72 Å². The van der Waals surface area contributed by atoms with Crippen LogP contribution in [0.1, 0.15) is 0 Å². The van der Waals surface area contributed by atoms with E-state index in [0.29, 0.717) is 0 Å². The Balaban J connectivity index is 2.30. The summed E-state index contributed by atoms with van der Waals surface area (Å²) in [5, 5.41) is 9.43. The van der Waals surface area contributed by atoms with E-state index in [4.69, 9.17) is 11.6 Å². The van der Waals surface area contributed by atoms with Gasteiger partial charge in [0.25, 0.3) is 10.0 Å². The second kappa shape index (κ2) is 4.27. The van der Waals surface area contributed by atoms with Gasteiger partial charge in [-0.05, 0) is 12.1 Å². The summed E-state index contributed by atoms with van der Waals surface area (Å²) in [4.78, 5) is 6.09. The Labute approximate surface area is 102 Å². The van der Waals surface area contributed by atoms with Crippen LogP contribution in [0.3, 0.4) is 0 Å². The third kappa shape index (κ3) is 2.51. The largest absolute Gasteiger partial charge is 0.506 e. The first-order valence-electron chi connectivity index (χ1n) is 4.49. The minimum Gasteiger partial charge on any atom is -0.506 e. The number of rotatable bonds is 3. The molecule has 0 radical (unpaired) electrons. The summed E-state index contributed by atoms with van der Waals surface area (Å²) in [5.74, 6) is -0.198. The minimum absolute atomic E-state index is 0.0630. The molecule has 0 bridgehead atoms. The Kier molecular flexibility index (Phi) is 2.95. The van der Waals surface area contributed by atoms with Crippen molar-refractivity contribution in [2.75, 3.05) is 4.72 Å². The standard InChI is InChI=1S/C9H8ClN3O3S/c10-7-2-1-6(3-8(7)14)13-17(15,16)9-4-11-5-12-9/h1-5,13-14H,(H,11,12). The van der Waals surface area contributed by atoms with Crippen molar-refractivity contribution >= 4 is 27.3 Å². The number of aromatic nitrogens is 2. The molecule has 90 valence electrons. The fourth-order valence-electron chi connectivity index (χ4n) is 1.18. The SMILES string of the molecule is O=S(=O)(Nc1ccc(Cl)c(O)c1)c1cnc[nH]1. The van der Waals surface area contributed by atoms with Gasteiger partial charge in [-0.2, -0.15) is 8.42 Å². The van der Waals surface area contributed by atoms with Crippen molar-refractivity contribution in [1.29, 1.82) is 0 Å². The molecule has 1 heterocycles. The highest BCUT2D eigenvalue weighted by atomic mass is 35.5. The maximum Gasteiger partial charge on any atom is 0.278 e. The normalized spacial score (nSPS) is 11.4. The van der Waals surface area contributed by atoms with Gasteiger partial charge < -0.3 is 10.1 Å². The minimum atomic E-state index is -3.72. The number of imidazole rings is 1. The number of sulfonamides is 1. The zero-order valence-electron chi connectivity index (χ0n) is 8.38. The van der Waals surface area contributed by atoms with Gasteiger partial charge in [0.2, 0.25) is 0 Å². The van der Waals surface area contributed by atoms with Gasteiger partial charge in [0.15, 0.2) is 5.03 Å². The molecule has 2 rings (SSSR count). The number of phenolic OH excluding ortho intramolecular Hbond substituents is 1. The Bertz CT molecular complexity index is 625. The van der Waals surface area contributed by atoms with Crippen molar-refractivity contribution in [3.8, 4) is 5.75 Å². The molecule has 3 N–H and O–H groups in total. The maximum atomic E-state index is 11.8. The van der Waals surface area contributed by atoms with E-state index in [1.807, 2.05) is 0 Å². The van der Waals surface area contributed by atoms with Crippen LogP contribution in [-0.4, -0.2) is 23.5 Å². The number of phenols is 1. The monoisotopic (exact) mass is 273 g/mol. The van der Waals surface area contributed by atoms with Crippen molar-refractivity contribution in [2.24, 2.45) is 0 Å². The third-order valence-electron chi connectivity index (χ3n) is 1.96. The van der Waals surface area contributed by atoms with Crippen molar-refractivity contribution in [1.82, 2.24) is 9.97 Å². The number of hydrogen-bond acceptors (Lipinski definition) is 4. The Hall–Kier alpha value is -1.73. The van der Waals surface area contributed by atoms with Gasteiger partial charge in [-0.1, -0.05) is 11.6 Å². The summed E-state index contributed by atoms with van der Waals surface area (Å²) in [7, 11) is -3.72. The molecule has 0 spiro atoms. The summed E-state index contributed by atoms with van der Waals surface area (Å²) >= 11 is 5.61. The molecule has 8 heteroatoms. The van der Waals surface area contributed by atoms with Crippen molar-refractivity contribution in [3.63, 3.8) is 0 Å². The summed E-state index contributed by atoms with van der Waals surface area (Å²) in [6.07, 6.45) is 2.44. The molecule has 0 saturated carbocycles. The van der Waals surface area contributed by atoms with Gasteiger partial charge in [0.1, 0.15) is 5.75 Å². The summed E-state index contributed by atoms with van der Waals surface area (Å²) in [6.45, 7) is 0. The second-order valence-corrected chi connectivity index (χ2v) is 5.25. The Morgan fingerprint density at radius 3 is 2.76 bits per heavy atom. The van der Waals surface area contributed by atoms with E-state index in [9.17, 15) is 13.5 Å². The molecule has 0 aliphatic rings. The number of nitrogens with one attached hydrogen (secondary N) is 2. The molecule has 2 aromatic rings. The molecule has 0 aliphatic heterocycles. The zero-order valence-corrected chi connectivity index (χ0v) is 9.96. The maximum absolute atomic E-state index is 11.8. The van der Waals surface area contributed by atoms with Gasteiger partial charge >= 0.3 is 0 Å². The van der Waals surface area contributed by atoms with E-state index in [-0.39, 0.29) is 21.5 Å². The molecule has 0 amide bonds. The highest BCUT2D eigenvalue weighted by molar-refractivity contribution is 7.92. The molecular weight excluding hydrogens is 266 g/mol. The predicted molar refractivity (Wildman–Crippen MR) is 62.5 cm³/mol. The van der Waals surface area contributed by atoms with Crippen molar-refractivity contribution < 1.29 is 13.5 Å². The lowest BCUT2D eigenvalue weighted by Gasteiger charge is -2.06. The molecule has 0 atom stereocenters. The van der Waals surface area contributed by atoms with Crippen LogP contribution in [0, 0.1) is 0 Å². The molecule has 1 aromatic heterocycles. The molecule has 0 unspecified atom stereocenters. The average molecular weight is 274 g/mol. The van der Waals surface area contributed by atoms with Crippen molar-refractivity contribution in [2.45, 2.75) is 5.03 Å². The lowest BCUT2D eigenvalue weighted by Crippen LogP contribution is -2.13. The highest BCUT2D eigenvalue weighted by Crippen LogP contribution is 2.27. The number of benzene rings is 1. The number of aromatic hydroxyl groups is 1. The Morgan fingerprint density at radius 1 is 1.41 bits per heavy atom. The summed E-state index contributed by atoms with van der Waals surface area (Å²) in [6, 6.07) is 4.05. The van der Waals surface area contributed by atoms with E-state index < -0.39 is 10.0 Å². The smallest absolute Gasteiger partial charge is 0.278 e. The first kappa shape index (κ1) is 11.7. The van der Waals surface area contributed by atoms with Crippen LogP contribution in [-0.2, 0) is 10.0 Å². The number of H-pyrrole nitrogens is 1. The molecule has 17 heavy (non-hydrogen) atoms. The summed E-state index contributed by atoms with van der Waals surface area (Å²) in [5.41, 5.74) is 0.210. The molecular formula is C9H8ClN3O3S. The topological polar surface area (TPSA) is 95.1 Å². The number of halogens is 1. The van der Waals surface area contributed by atoms with E-state index in [1.165, 1.54) is 30.7 Å². The van der Waals surface area contributed by atoms with E-state index >= 15 is 0 Å². The van der Waals surface area contributed by atoms with Crippen LogP contribution >= 0.6 is 11.6 Å². The molecule has 1 aromatic carbocycles. The first-order chi connectivity index (χ1) is 7.99. The van der Waals surface area contributed by atoms with E-state index in [1.54, 1.807) is 0 Å². The number of hydrogen-bond donors (Lipinski definition) is 3. The molecule has 0 fully saturated rings. The van der Waals surface area contributed by atoms with Gasteiger partial charge in [0, 0.05) is 6.07 Å². The van der Waals surface area contributed by atoms with Crippen LogP contribution in [0.5, 0.6) is 5.75 Å². The molecule has 0 aliphatic carbocycles. The highest BCUT2D eigenvalue weighted by Gasteiger charge is 2.15. The molecule has 6 nitrogen and oxygen atoms in total. The number of nitrogens with zero attached hydrogens (tertiary/aromatic N) is 1. The van der Waals surface area contributed by atoms with Gasteiger partial charge in [-0.3, -0.25) is 4.72 Å². The van der Waals surface area contributed by atoms with Crippen LogP contribution in [0.4, 0.5) is 5.69 Å². The lowest BCUT2D eigenvalue weighted by molar-refractivity contribution is 0.476. The molecule has 0 saturated heterocycles. The van der Waals surface area contributed by atoms with Gasteiger partial charge in [-0.15, -0.1) is 0 Å². The fourth-order valence-corrected chi connectivity index (χ4v) is 2.25. The predicted octanol–water partition coefficient (Wildman–Crippen LogP) is 1.57. The number of aromatic amines is 1. The van der Waals surface area contributed by atoms with Crippen LogP contribution in [0.25, 0.3) is 0 Å². The lowest BCUT2D eigenvalue weighted by atomic mass is 10.3. The zero-order chi connectivity index (χ0) is 12.5. The quantitative estimate of drug-likeness (QED) is 0.791. The van der Waals surface area contributed by atoms with E-state index in [2.05, 4.69) is 14.7 Å². The van der Waals surface area contributed by atoms with Gasteiger partial charge in [0.05, 0.1) is 23.2 Å².